The van der Waals surface area contributed by atoms with Gasteiger partial charge in [0.15, 0.2) is 0 Å². The van der Waals surface area contributed by atoms with Crippen LogP contribution in [-0.4, -0.2) is 80.7 Å². The van der Waals surface area contributed by atoms with E-state index in [1.165, 1.54) is 0 Å². The topological polar surface area (TPSA) is 99.9 Å². The lowest BCUT2D eigenvalue weighted by Gasteiger charge is -2.51. The molecule has 0 aromatic carbocycles. The van der Waals surface area contributed by atoms with E-state index < -0.39 is 17.3 Å². The molecule has 0 unspecified atom stereocenters. The van der Waals surface area contributed by atoms with E-state index in [9.17, 15) is 15.0 Å². The molecule has 0 bridgehead atoms. The van der Waals surface area contributed by atoms with Crippen LogP contribution in [0.15, 0.2) is 6.20 Å². The highest BCUT2D eigenvalue weighted by Crippen LogP contribution is 2.39. The summed E-state index contributed by atoms with van der Waals surface area (Å²) in [5, 5.41) is 24.3. The summed E-state index contributed by atoms with van der Waals surface area (Å²) < 4.78 is 7.95. The van der Waals surface area contributed by atoms with Crippen LogP contribution in [0.5, 0.6) is 0 Å². The van der Waals surface area contributed by atoms with Crippen molar-refractivity contribution in [2.75, 3.05) is 32.8 Å². The molecule has 3 N–H and O–H groups in total. The maximum absolute atomic E-state index is 12.9. The average Bonchev–Trinajstić information content (AvgIpc) is 2.90. The van der Waals surface area contributed by atoms with E-state index in [0.717, 1.165) is 31.9 Å². The number of imidazole rings is 1. The van der Waals surface area contributed by atoms with Crippen LogP contribution < -0.4 is 5.32 Å². The second kappa shape index (κ2) is 8.85. The zero-order chi connectivity index (χ0) is 18.4. The van der Waals surface area contributed by atoms with E-state index in [1.54, 1.807) is 11.8 Å². The second-order valence-corrected chi connectivity index (χ2v) is 7.95. The van der Waals surface area contributed by atoms with E-state index in [2.05, 4.69) is 14.9 Å². The fourth-order valence-corrected chi connectivity index (χ4v) is 4.39. The monoisotopic (exact) mass is 436 g/mol. The lowest BCUT2D eigenvalue weighted by atomic mass is 9.75. The van der Waals surface area contributed by atoms with Crippen molar-refractivity contribution in [3.8, 4) is 0 Å². The molecule has 2 atom stereocenters. The number of aliphatic hydroxyl groups is 2. The minimum Gasteiger partial charge on any atom is -0.387 e. The summed E-state index contributed by atoms with van der Waals surface area (Å²) in [4.78, 5) is 19.2. The predicted octanol–water partition coefficient (Wildman–Crippen LogP) is 0.379. The molecule has 0 radical (unpaired) electrons. The van der Waals surface area contributed by atoms with Gasteiger partial charge in [0.1, 0.15) is 23.2 Å². The Morgan fingerprint density at radius 1 is 1.25 bits per heavy atom. The highest BCUT2D eigenvalue weighted by molar-refractivity contribution is 5.92. The molecule has 0 saturated carbocycles. The number of ether oxygens (including phenoxy) is 1. The van der Waals surface area contributed by atoms with Crippen LogP contribution in [0.3, 0.4) is 0 Å². The number of fused-ring (bicyclic) bond motifs is 1. The lowest BCUT2D eigenvalue weighted by Crippen LogP contribution is -2.64. The first kappa shape index (κ1) is 23.4. The number of carbonyl (C=O) groups is 1. The number of hydrogen-bond donors (Lipinski definition) is 3. The first-order valence-electron chi connectivity index (χ1n) is 9.52. The number of piperidine rings is 1. The highest BCUT2D eigenvalue weighted by Gasteiger charge is 2.53. The summed E-state index contributed by atoms with van der Waals surface area (Å²) in [5.74, 6) is 0.888. The van der Waals surface area contributed by atoms with Crippen LogP contribution in [0.1, 0.15) is 42.5 Å². The number of carbonyl (C=O) groups excluding carboxylic acids is 1. The minimum absolute atomic E-state index is 0. The Labute approximate surface area is 177 Å². The zero-order valence-corrected chi connectivity index (χ0v) is 17.7. The molecule has 1 aromatic rings. The number of halogens is 2. The number of aromatic nitrogens is 2. The lowest BCUT2D eigenvalue weighted by molar-refractivity contribution is -0.244. The van der Waals surface area contributed by atoms with Crippen molar-refractivity contribution in [2.24, 2.45) is 0 Å². The number of likely N-dealkylation sites (tertiary alicyclic amines) is 1. The van der Waals surface area contributed by atoms with Gasteiger partial charge in [-0.2, -0.15) is 0 Å². The first-order valence-corrected chi connectivity index (χ1v) is 9.52. The molecule has 28 heavy (non-hydrogen) atoms. The summed E-state index contributed by atoms with van der Waals surface area (Å²) in [5.41, 5.74) is -1.40. The van der Waals surface area contributed by atoms with E-state index in [-0.39, 0.29) is 30.7 Å². The van der Waals surface area contributed by atoms with Gasteiger partial charge in [-0.1, -0.05) is 0 Å². The molecule has 1 aromatic heterocycles. The number of nitrogens with one attached hydrogen (secondary N) is 1. The maximum Gasteiger partial charge on any atom is 0.274 e. The van der Waals surface area contributed by atoms with Crippen molar-refractivity contribution < 1.29 is 19.7 Å². The average molecular weight is 437 g/mol. The predicted molar refractivity (Wildman–Crippen MR) is 108 cm³/mol. The number of aliphatic hydroxyl groups excluding tert-OH is 1. The van der Waals surface area contributed by atoms with Crippen LogP contribution in [0.2, 0.25) is 0 Å². The zero-order valence-electron chi connectivity index (χ0n) is 16.1. The van der Waals surface area contributed by atoms with E-state index >= 15 is 0 Å². The van der Waals surface area contributed by atoms with Gasteiger partial charge in [-0.05, 0) is 19.8 Å². The van der Waals surface area contributed by atoms with Crippen LogP contribution in [0.4, 0.5) is 0 Å². The summed E-state index contributed by atoms with van der Waals surface area (Å²) in [6, 6.07) is 0. The summed E-state index contributed by atoms with van der Waals surface area (Å²) in [7, 11) is 0. The number of hydrogen-bond acceptors (Lipinski definition) is 6. The minimum atomic E-state index is -1.14. The third-order valence-electron chi connectivity index (χ3n) is 6.12. The first-order chi connectivity index (χ1) is 12.4. The Bertz CT molecular complexity index is 666. The molecule has 1 spiro atoms. The molecular weight excluding hydrogens is 407 g/mol. The summed E-state index contributed by atoms with van der Waals surface area (Å²) in [6.45, 7) is 5.68. The SMILES string of the molecule is C[C@@]1(O)CCOC2(CCN(C(=O)c3cn4c(n3)CCNCC4)CC2)[C@H]1O.Cl.Cl. The van der Waals surface area contributed by atoms with Gasteiger partial charge in [-0.3, -0.25) is 4.79 Å². The van der Waals surface area contributed by atoms with Gasteiger partial charge < -0.3 is 29.7 Å². The van der Waals surface area contributed by atoms with Crippen molar-refractivity contribution in [1.82, 2.24) is 19.8 Å². The molecule has 2 fully saturated rings. The molecule has 4 heterocycles. The molecule has 10 heteroatoms. The molecule has 4 rings (SSSR count). The van der Waals surface area contributed by atoms with Crippen molar-refractivity contribution in [2.45, 2.75) is 56.5 Å². The molecular formula is C18H30Cl2N4O4. The van der Waals surface area contributed by atoms with Gasteiger partial charge in [0.2, 0.25) is 0 Å². The summed E-state index contributed by atoms with van der Waals surface area (Å²) >= 11 is 0. The Kier molecular flexibility index (Phi) is 7.39. The third-order valence-corrected chi connectivity index (χ3v) is 6.12. The molecule has 1 amide bonds. The van der Waals surface area contributed by atoms with E-state index in [1.807, 2.05) is 6.20 Å². The standard InChI is InChI=1S/C18H28N4O4.2ClH/c1-17(25)5-11-26-18(16(17)24)3-8-21(9-4-18)15(23)13-12-22-10-7-19-6-2-14(22)20-13;;/h12,16,19,24-25H,2-11H2,1H3;2*1H/t16-,17+;;/m0../s1. The van der Waals surface area contributed by atoms with Crippen molar-refractivity contribution in [3.63, 3.8) is 0 Å². The van der Waals surface area contributed by atoms with Gasteiger partial charge in [0, 0.05) is 51.8 Å². The van der Waals surface area contributed by atoms with Crippen LogP contribution in [0.25, 0.3) is 0 Å². The highest BCUT2D eigenvalue weighted by atomic mass is 35.5. The van der Waals surface area contributed by atoms with Gasteiger partial charge in [0.25, 0.3) is 5.91 Å². The van der Waals surface area contributed by atoms with Crippen LogP contribution in [0, 0.1) is 0 Å². The molecule has 0 aliphatic carbocycles. The molecule has 3 aliphatic rings. The number of amides is 1. The smallest absolute Gasteiger partial charge is 0.274 e. The van der Waals surface area contributed by atoms with Gasteiger partial charge in [-0.15, -0.1) is 24.8 Å². The molecule has 3 aliphatic heterocycles. The maximum atomic E-state index is 12.9. The Morgan fingerprint density at radius 3 is 2.68 bits per heavy atom. The summed E-state index contributed by atoms with van der Waals surface area (Å²) in [6.07, 6.45) is 3.21. The molecule has 8 nitrogen and oxygen atoms in total. The largest absolute Gasteiger partial charge is 0.387 e. The Balaban J connectivity index is 0.00000140. The Morgan fingerprint density at radius 2 is 1.96 bits per heavy atom. The fraction of sp³-hybridized carbons (Fsp3) is 0.778. The third kappa shape index (κ3) is 4.17. The van der Waals surface area contributed by atoms with Crippen LogP contribution in [-0.2, 0) is 17.7 Å². The van der Waals surface area contributed by atoms with Crippen molar-refractivity contribution >= 4 is 30.7 Å². The van der Waals surface area contributed by atoms with Crippen molar-refractivity contribution in [3.05, 3.63) is 17.7 Å². The number of rotatable bonds is 1. The number of nitrogens with zero attached hydrogens (tertiary/aromatic N) is 3. The quantitative estimate of drug-likeness (QED) is 0.588. The fourth-order valence-electron chi connectivity index (χ4n) is 4.39. The van der Waals surface area contributed by atoms with E-state index in [4.69, 9.17) is 4.74 Å². The van der Waals surface area contributed by atoms with E-state index in [0.29, 0.717) is 44.7 Å². The van der Waals surface area contributed by atoms with Gasteiger partial charge in [-0.25, -0.2) is 4.98 Å². The van der Waals surface area contributed by atoms with Gasteiger partial charge in [0.05, 0.1) is 12.2 Å². The Hall–Kier alpha value is -0.900. The van der Waals surface area contributed by atoms with Crippen LogP contribution >= 0.6 is 24.8 Å². The van der Waals surface area contributed by atoms with Crippen molar-refractivity contribution in [1.29, 1.82) is 0 Å². The molecule has 2 saturated heterocycles. The second-order valence-electron chi connectivity index (χ2n) is 7.95. The molecule has 160 valence electrons. The normalized spacial score (nSPS) is 29.2. The van der Waals surface area contributed by atoms with Gasteiger partial charge >= 0.3 is 0 Å².